The number of hydrogen-bond acceptors (Lipinski definition) is 3. The van der Waals surface area contributed by atoms with Crippen molar-refractivity contribution in [1.29, 1.82) is 0 Å². The van der Waals surface area contributed by atoms with Crippen molar-refractivity contribution in [1.82, 2.24) is 9.97 Å². The smallest absolute Gasteiger partial charge is 0.171 e. The molecule has 0 amide bonds. The standard InChI is InChI=1S/C16H13BrF2N2O2/c17-10-6-11-9(7-20-16(11)21-8-10)5-12-13(18)1-2-14(15(12)19)23-4-3-22/h1-2,6-8,22H,3-5H2,(H,20,21). The molecular formula is C16H13BrF2N2O2. The molecule has 0 spiro atoms. The van der Waals surface area contributed by atoms with Gasteiger partial charge in [-0.05, 0) is 39.7 Å². The summed E-state index contributed by atoms with van der Waals surface area (Å²) in [6.07, 6.45) is 3.39. The van der Waals surface area contributed by atoms with E-state index in [9.17, 15) is 8.78 Å². The Balaban J connectivity index is 1.99. The number of pyridine rings is 1. The Morgan fingerprint density at radius 2 is 2.13 bits per heavy atom. The van der Waals surface area contributed by atoms with E-state index in [1.54, 1.807) is 12.4 Å². The largest absolute Gasteiger partial charge is 0.488 e. The number of aromatic amines is 1. The van der Waals surface area contributed by atoms with Crippen molar-refractivity contribution in [2.24, 2.45) is 0 Å². The third kappa shape index (κ3) is 3.20. The molecule has 0 unspecified atom stereocenters. The lowest BCUT2D eigenvalue weighted by atomic mass is 10.0. The van der Waals surface area contributed by atoms with Gasteiger partial charge in [0, 0.05) is 34.2 Å². The normalized spacial score (nSPS) is 11.1. The number of aliphatic hydroxyl groups is 1. The first-order chi connectivity index (χ1) is 11.1. The molecular weight excluding hydrogens is 370 g/mol. The maximum absolute atomic E-state index is 14.4. The number of H-pyrrole nitrogens is 1. The lowest BCUT2D eigenvalue weighted by Crippen LogP contribution is -2.06. The molecule has 0 bridgehead atoms. The average Bonchev–Trinajstić information content (AvgIpc) is 2.93. The van der Waals surface area contributed by atoms with Gasteiger partial charge in [0.1, 0.15) is 18.1 Å². The number of fused-ring (bicyclic) bond motifs is 1. The Labute approximate surface area is 139 Å². The maximum Gasteiger partial charge on any atom is 0.171 e. The highest BCUT2D eigenvalue weighted by Gasteiger charge is 2.17. The number of aliphatic hydroxyl groups excluding tert-OH is 1. The maximum atomic E-state index is 14.4. The second-order valence-electron chi connectivity index (χ2n) is 4.95. The minimum atomic E-state index is -0.754. The van der Waals surface area contributed by atoms with Crippen molar-refractivity contribution in [3.05, 3.63) is 57.8 Å². The molecule has 120 valence electrons. The summed E-state index contributed by atoms with van der Waals surface area (Å²) in [6.45, 7) is -0.291. The minimum Gasteiger partial charge on any atom is -0.488 e. The fourth-order valence-electron chi connectivity index (χ4n) is 2.37. The molecule has 0 aliphatic rings. The van der Waals surface area contributed by atoms with E-state index in [4.69, 9.17) is 9.84 Å². The molecule has 3 rings (SSSR count). The lowest BCUT2D eigenvalue weighted by molar-refractivity contribution is 0.196. The van der Waals surface area contributed by atoms with Gasteiger partial charge in [0.25, 0.3) is 0 Å². The van der Waals surface area contributed by atoms with E-state index in [1.807, 2.05) is 6.07 Å². The number of benzene rings is 1. The highest BCUT2D eigenvalue weighted by Crippen LogP contribution is 2.28. The first kappa shape index (κ1) is 15.9. The van der Waals surface area contributed by atoms with Crippen LogP contribution in [0.1, 0.15) is 11.1 Å². The van der Waals surface area contributed by atoms with Crippen LogP contribution in [0.2, 0.25) is 0 Å². The summed E-state index contributed by atoms with van der Waals surface area (Å²) in [5.41, 5.74) is 1.30. The Morgan fingerprint density at radius 1 is 1.30 bits per heavy atom. The van der Waals surface area contributed by atoms with Gasteiger partial charge >= 0.3 is 0 Å². The lowest BCUT2D eigenvalue weighted by Gasteiger charge is -2.10. The van der Waals surface area contributed by atoms with Crippen molar-refractivity contribution in [3.63, 3.8) is 0 Å². The van der Waals surface area contributed by atoms with Gasteiger partial charge in [-0.3, -0.25) is 0 Å². The quantitative estimate of drug-likeness (QED) is 0.709. The number of nitrogens with one attached hydrogen (secondary N) is 1. The van der Waals surface area contributed by atoms with Crippen LogP contribution in [0.25, 0.3) is 11.0 Å². The summed E-state index contributed by atoms with van der Waals surface area (Å²) in [6, 6.07) is 4.22. The molecule has 2 heterocycles. The predicted octanol–water partition coefficient (Wildman–Crippen LogP) is 3.57. The summed E-state index contributed by atoms with van der Waals surface area (Å²) in [5.74, 6) is -1.47. The third-order valence-electron chi connectivity index (χ3n) is 3.45. The summed E-state index contributed by atoms with van der Waals surface area (Å²) < 4.78 is 34.4. The molecule has 23 heavy (non-hydrogen) atoms. The van der Waals surface area contributed by atoms with Gasteiger partial charge in [-0.15, -0.1) is 0 Å². The van der Waals surface area contributed by atoms with Gasteiger partial charge in [0.15, 0.2) is 11.6 Å². The summed E-state index contributed by atoms with van der Waals surface area (Å²) in [5, 5.41) is 9.55. The summed E-state index contributed by atoms with van der Waals surface area (Å²) in [7, 11) is 0. The average molecular weight is 383 g/mol. The van der Waals surface area contributed by atoms with Gasteiger partial charge in [-0.2, -0.15) is 0 Å². The van der Waals surface area contributed by atoms with Crippen molar-refractivity contribution in [2.45, 2.75) is 6.42 Å². The number of halogens is 3. The van der Waals surface area contributed by atoms with Crippen LogP contribution in [0.4, 0.5) is 8.78 Å². The van der Waals surface area contributed by atoms with Crippen molar-refractivity contribution in [3.8, 4) is 5.75 Å². The molecule has 2 aromatic heterocycles. The molecule has 1 aromatic carbocycles. The molecule has 3 aromatic rings. The number of hydrogen-bond donors (Lipinski definition) is 2. The Kier molecular flexibility index (Phi) is 4.58. The van der Waals surface area contributed by atoms with E-state index in [0.29, 0.717) is 5.65 Å². The second kappa shape index (κ2) is 6.64. The molecule has 0 fully saturated rings. The van der Waals surface area contributed by atoms with Crippen molar-refractivity contribution < 1.29 is 18.6 Å². The molecule has 0 aliphatic heterocycles. The van der Waals surface area contributed by atoms with Crippen LogP contribution in [0, 0.1) is 11.6 Å². The van der Waals surface area contributed by atoms with E-state index >= 15 is 0 Å². The van der Waals surface area contributed by atoms with Gasteiger partial charge in [-0.25, -0.2) is 13.8 Å². The van der Waals surface area contributed by atoms with E-state index in [2.05, 4.69) is 25.9 Å². The van der Waals surface area contributed by atoms with Crippen LogP contribution in [0.5, 0.6) is 5.75 Å². The fraction of sp³-hybridized carbons (Fsp3) is 0.188. The molecule has 0 aliphatic carbocycles. The van der Waals surface area contributed by atoms with Crippen LogP contribution in [0.3, 0.4) is 0 Å². The van der Waals surface area contributed by atoms with Gasteiger partial charge in [0.05, 0.1) is 6.61 Å². The molecule has 0 radical (unpaired) electrons. The van der Waals surface area contributed by atoms with Crippen LogP contribution < -0.4 is 4.74 Å². The Bertz CT molecular complexity index is 851. The Hall–Kier alpha value is -1.99. The first-order valence-corrected chi connectivity index (χ1v) is 7.71. The zero-order valence-electron chi connectivity index (χ0n) is 11.9. The minimum absolute atomic E-state index is 0.0497. The van der Waals surface area contributed by atoms with Gasteiger partial charge < -0.3 is 14.8 Å². The summed E-state index contributed by atoms with van der Waals surface area (Å²) in [4.78, 5) is 7.19. The molecule has 2 N–H and O–H groups in total. The monoisotopic (exact) mass is 382 g/mol. The number of ether oxygens (including phenoxy) is 1. The van der Waals surface area contributed by atoms with E-state index in [1.165, 1.54) is 6.07 Å². The summed E-state index contributed by atoms with van der Waals surface area (Å²) >= 11 is 3.34. The van der Waals surface area contributed by atoms with E-state index in [-0.39, 0.29) is 30.9 Å². The van der Waals surface area contributed by atoms with Gasteiger partial charge in [0.2, 0.25) is 0 Å². The third-order valence-corrected chi connectivity index (χ3v) is 3.88. The van der Waals surface area contributed by atoms with Crippen LogP contribution in [-0.4, -0.2) is 28.3 Å². The topological polar surface area (TPSA) is 58.1 Å². The Morgan fingerprint density at radius 3 is 2.91 bits per heavy atom. The zero-order chi connectivity index (χ0) is 16.4. The highest BCUT2D eigenvalue weighted by atomic mass is 79.9. The molecule has 0 atom stereocenters. The number of aromatic nitrogens is 2. The molecule has 0 saturated heterocycles. The first-order valence-electron chi connectivity index (χ1n) is 6.92. The van der Waals surface area contributed by atoms with Gasteiger partial charge in [-0.1, -0.05) is 0 Å². The van der Waals surface area contributed by atoms with Crippen molar-refractivity contribution in [2.75, 3.05) is 13.2 Å². The molecule has 4 nitrogen and oxygen atoms in total. The fourth-order valence-corrected chi connectivity index (χ4v) is 2.71. The predicted molar refractivity (Wildman–Crippen MR) is 85.5 cm³/mol. The second-order valence-corrected chi connectivity index (χ2v) is 5.87. The van der Waals surface area contributed by atoms with Crippen LogP contribution >= 0.6 is 15.9 Å². The zero-order valence-corrected chi connectivity index (χ0v) is 13.5. The van der Waals surface area contributed by atoms with E-state index < -0.39 is 11.6 Å². The number of nitrogens with zero attached hydrogens (tertiary/aromatic N) is 1. The highest BCUT2D eigenvalue weighted by molar-refractivity contribution is 9.10. The SMILES string of the molecule is OCCOc1ccc(F)c(Cc2c[nH]c3ncc(Br)cc23)c1F. The van der Waals surface area contributed by atoms with E-state index in [0.717, 1.165) is 21.5 Å². The van der Waals surface area contributed by atoms with Crippen molar-refractivity contribution >= 4 is 27.0 Å². The van der Waals surface area contributed by atoms with Crippen LogP contribution in [0.15, 0.2) is 35.1 Å². The molecule has 0 saturated carbocycles. The van der Waals surface area contributed by atoms with Crippen LogP contribution in [-0.2, 0) is 6.42 Å². The molecule has 7 heteroatoms. The number of rotatable bonds is 5.